The van der Waals surface area contributed by atoms with E-state index in [1.54, 1.807) is 0 Å². The first-order valence-electron chi connectivity index (χ1n) is 5.75. The summed E-state index contributed by atoms with van der Waals surface area (Å²) in [5.74, 6) is 0. The molecular formula is C11H26O2Si. The molecule has 14 heavy (non-hydrogen) atoms. The largest absolute Gasteiger partial charge is 0.394 e. The van der Waals surface area contributed by atoms with E-state index in [4.69, 9.17) is 0 Å². The van der Waals surface area contributed by atoms with Crippen molar-refractivity contribution in [1.82, 2.24) is 0 Å². The van der Waals surface area contributed by atoms with Crippen molar-refractivity contribution in [3.8, 4) is 0 Å². The SMILES string of the molecule is CCCCCC[C@@H](O)[C@H](O)[Si](C)(C)C. The molecule has 0 radical (unpaired) electrons. The van der Waals surface area contributed by atoms with Crippen molar-refractivity contribution in [1.29, 1.82) is 0 Å². The van der Waals surface area contributed by atoms with E-state index < -0.39 is 19.9 Å². The summed E-state index contributed by atoms with van der Waals surface area (Å²) in [4.78, 5) is 0. The van der Waals surface area contributed by atoms with Crippen molar-refractivity contribution in [2.45, 2.75) is 70.5 Å². The van der Waals surface area contributed by atoms with E-state index in [1.165, 1.54) is 19.3 Å². The minimum atomic E-state index is -1.59. The molecule has 0 aromatic heterocycles. The molecule has 2 atom stereocenters. The molecule has 0 aliphatic carbocycles. The van der Waals surface area contributed by atoms with E-state index in [0.29, 0.717) is 0 Å². The third-order valence-electron chi connectivity index (χ3n) is 2.61. The lowest BCUT2D eigenvalue weighted by molar-refractivity contribution is 0.0541. The normalized spacial score (nSPS) is 16.7. The summed E-state index contributed by atoms with van der Waals surface area (Å²) in [6.07, 6.45) is 4.91. The van der Waals surface area contributed by atoms with Crippen LogP contribution in [0.2, 0.25) is 19.6 Å². The quantitative estimate of drug-likeness (QED) is 0.509. The summed E-state index contributed by atoms with van der Waals surface area (Å²) in [5, 5.41) is 19.6. The Morgan fingerprint density at radius 1 is 1.00 bits per heavy atom. The van der Waals surface area contributed by atoms with Crippen LogP contribution in [0.25, 0.3) is 0 Å². The zero-order chi connectivity index (χ0) is 11.2. The van der Waals surface area contributed by atoms with Gasteiger partial charge in [-0.3, -0.25) is 0 Å². The molecule has 0 spiro atoms. The van der Waals surface area contributed by atoms with Gasteiger partial charge in [0, 0.05) is 0 Å². The lowest BCUT2D eigenvalue weighted by Crippen LogP contribution is -2.46. The Morgan fingerprint density at radius 3 is 2.00 bits per heavy atom. The van der Waals surface area contributed by atoms with Crippen molar-refractivity contribution >= 4 is 8.07 Å². The van der Waals surface area contributed by atoms with Gasteiger partial charge < -0.3 is 10.2 Å². The van der Waals surface area contributed by atoms with Crippen molar-refractivity contribution in [3.63, 3.8) is 0 Å². The summed E-state index contributed by atoms with van der Waals surface area (Å²) in [7, 11) is -1.59. The monoisotopic (exact) mass is 218 g/mol. The molecule has 0 aliphatic rings. The predicted molar refractivity (Wildman–Crippen MR) is 64.1 cm³/mol. The minimum absolute atomic E-state index is 0.468. The second-order valence-corrected chi connectivity index (χ2v) is 10.6. The van der Waals surface area contributed by atoms with Crippen molar-refractivity contribution in [2.24, 2.45) is 0 Å². The second-order valence-electron chi connectivity index (χ2n) is 5.23. The van der Waals surface area contributed by atoms with E-state index in [1.807, 2.05) is 0 Å². The third-order valence-corrected chi connectivity index (χ3v) is 4.76. The van der Waals surface area contributed by atoms with Crippen LogP contribution in [0.1, 0.15) is 39.0 Å². The average Bonchev–Trinajstić information content (AvgIpc) is 2.09. The Labute approximate surface area is 89.4 Å². The molecule has 2 nitrogen and oxygen atoms in total. The van der Waals surface area contributed by atoms with Crippen LogP contribution in [-0.4, -0.2) is 30.1 Å². The molecule has 0 rings (SSSR count). The summed E-state index contributed by atoms with van der Waals surface area (Å²) < 4.78 is 0. The smallest absolute Gasteiger partial charge is 0.0815 e. The van der Waals surface area contributed by atoms with Crippen LogP contribution < -0.4 is 0 Å². The maximum absolute atomic E-state index is 9.82. The Bertz CT molecular complexity index is 143. The van der Waals surface area contributed by atoms with Crippen LogP contribution in [0, 0.1) is 0 Å². The highest BCUT2D eigenvalue weighted by atomic mass is 28.3. The molecule has 0 amide bonds. The second kappa shape index (κ2) is 6.59. The molecule has 0 aromatic rings. The summed E-state index contributed by atoms with van der Waals surface area (Å²) in [6.45, 7) is 8.44. The van der Waals surface area contributed by atoms with Crippen LogP contribution in [0.4, 0.5) is 0 Å². The zero-order valence-electron chi connectivity index (χ0n) is 10.1. The molecule has 2 N–H and O–H groups in total. The van der Waals surface area contributed by atoms with Crippen molar-refractivity contribution in [2.75, 3.05) is 0 Å². The number of hydrogen-bond acceptors (Lipinski definition) is 2. The standard InChI is InChI=1S/C11H26O2Si/c1-5-6-7-8-9-10(12)11(13)14(2,3)4/h10-13H,5-9H2,1-4H3/t10-,11-/m1/s1. The van der Waals surface area contributed by atoms with Gasteiger partial charge in [-0.15, -0.1) is 0 Å². The average molecular weight is 218 g/mol. The molecule has 0 aromatic carbocycles. The van der Waals surface area contributed by atoms with Crippen LogP contribution in [0.3, 0.4) is 0 Å². The van der Waals surface area contributed by atoms with E-state index in [-0.39, 0.29) is 0 Å². The van der Waals surface area contributed by atoms with E-state index in [0.717, 1.165) is 12.8 Å². The molecule has 0 saturated carbocycles. The first-order chi connectivity index (χ1) is 6.39. The van der Waals surface area contributed by atoms with Gasteiger partial charge in [-0.25, -0.2) is 0 Å². The number of unbranched alkanes of at least 4 members (excludes halogenated alkanes) is 3. The topological polar surface area (TPSA) is 40.5 Å². The highest BCUT2D eigenvalue weighted by Crippen LogP contribution is 2.16. The molecule has 0 bridgehead atoms. The van der Waals surface area contributed by atoms with Gasteiger partial charge in [0.25, 0.3) is 0 Å². The predicted octanol–water partition coefficient (Wildman–Crippen LogP) is 2.56. The molecule has 3 heteroatoms. The van der Waals surface area contributed by atoms with Crippen LogP contribution >= 0.6 is 0 Å². The van der Waals surface area contributed by atoms with Crippen LogP contribution in [0.15, 0.2) is 0 Å². The Hall–Kier alpha value is 0.137. The maximum atomic E-state index is 9.82. The van der Waals surface area contributed by atoms with E-state index in [9.17, 15) is 10.2 Å². The zero-order valence-corrected chi connectivity index (χ0v) is 11.1. The van der Waals surface area contributed by atoms with Gasteiger partial charge in [-0.1, -0.05) is 52.2 Å². The summed E-state index contributed by atoms with van der Waals surface area (Å²) in [5.41, 5.74) is -0.468. The maximum Gasteiger partial charge on any atom is 0.0815 e. The van der Waals surface area contributed by atoms with Gasteiger partial charge in [0.05, 0.1) is 19.9 Å². The molecule has 0 heterocycles. The summed E-state index contributed by atoms with van der Waals surface area (Å²) in [6, 6.07) is 0. The minimum Gasteiger partial charge on any atom is -0.394 e. The number of aliphatic hydroxyl groups is 2. The first kappa shape index (κ1) is 14.1. The lowest BCUT2D eigenvalue weighted by atomic mass is 10.1. The van der Waals surface area contributed by atoms with E-state index in [2.05, 4.69) is 26.6 Å². The summed E-state index contributed by atoms with van der Waals surface area (Å²) >= 11 is 0. The van der Waals surface area contributed by atoms with Crippen molar-refractivity contribution < 1.29 is 10.2 Å². The third kappa shape index (κ3) is 5.78. The Morgan fingerprint density at radius 2 is 1.57 bits per heavy atom. The molecule has 0 saturated heterocycles. The van der Waals surface area contributed by atoms with E-state index >= 15 is 0 Å². The van der Waals surface area contributed by atoms with Gasteiger partial charge >= 0.3 is 0 Å². The number of rotatable bonds is 7. The lowest BCUT2D eigenvalue weighted by Gasteiger charge is -2.28. The van der Waals surface area contributed by atoms with Gasteiger partial charge in [-0.2, -0.15) is 0 Å². The van der Waals surface area contributed by atoms with Gasteiger partial charge in [0.2, 0.25) is 0 Å². The van der Waals surface area contributed by atoms with Gasteiger partial charge in [0.1, 0.15) is 0 Å². The highest BCUT2D eigenvalue weighted by Gasteiger charge is 2.30. The van der Waals surface area contributed by atoms with Gasteiger partial charge in [-0.05, 0) is 6.42 Å². The first-order valence-corrected chi connectivity index (χ1v) is 9.33. The molecule has 86 valence electrons. The molecular weight excluding hydrogens is 192 g/mol. The van der Waals surface area contributed by atoms with Gasteiger partial charge in [0.15, 0.2) is 0 Å². The fraction of sp³-hybridized carbons (Fsp3) is 1.00. The fourth-order valence-electron chi connectivity index (χ4n) is 1.52. The fourth-order valence-corrected chi connectivity index (χ4v) is 2.84. The van der Waals surface area contributed by atoms with Crippen molar-refractivity contribution in [3.05, 3.63) is 0 Å². The number of hydrogen-bond donors (Lipinski definition) is 2. The number of aliphatic hydroxyl groups excluding tert-OH is 2. The molecule has 0 unspecified atom stereocenters. The molecule has 0 fully saturated rings. The van der Waals surface area contributed by atoms with Crippen LogP contribution in [0.5, 0.6) is 0 Å². The Kier molecular flexibility index (Phi) is 6.65. The molecule has 0 aliphatic heterocycles. The highest BCUT2D eigenvalue weighted by molar-refractivity contribution is 6.77. The van der Waals surface area contributed by atoms with Crippen LogP contribution in [-0.2, 0) is 0 Å². The Balaban J connectivity index is 3.68.